The molecule has 0 saturated carbocycles. The lowest BCUT2D eigenvalue weighted by molar-refractivity contribution is -0.116. The number of nitrogens with one attached hydrogen (secondary N) is 1. The molecule has 6 heteroatoms. The predicted octanol–water partition coefficient (Wildman–Crippen LogP) is 3.58. The van der Waals surface area contributed by atoms with E-state index in [0.29, 0.717) is 23.3 Å². The zero-order valence-electron chi connectivity index (χ0n) is 14.3. The van der Waals surface area contributed by atoms with Crippen LogP contribution in [0.4, 0.5) is 0 Å². The first kappa shape index (κ1) is 17.4. The highest BCUT2D eigenvalue weighted by Gasteiger charge is 2.37. The van der Waals surface area contributed by atoms with E-state index in [1.54, 1.807) is 30.0 Å². The molecule has 0 saturated heterocycles. The van der Waals surface area contributed by atoms with Crippen molar-refractivity contribution in [1.29, 1.82) is 5.26 Å². The van der Waals surface area contributed by atoms with Crippen LogP contribution in [0.5, 0.6) is 11.5 Å². The number of thioether (sulfide) groups is 1. The quantitative estimate of drug-likeness (QED) is 0.858. The minimum atomic E-state index is -0.419. The van der Waals surface area contributed by atoms with Crippen molar-refractivity contribution >= 4 is 17.5 Å². The number of nitriles is 1. The van der Waals surface area contributed by atoms with Gasteiger partial charge in [0.15, 0.2) is 17.3 Å². The van der Waals surface area contributed by atoms with Gasteiger partial charge in [0.25, 0.3) is 0 Å². The van der Waals surface area contributed by atoms with Crippen LogP contribution in [0.1, 0.15) is 37.7 Å². The van der Waals surface area contributed by atoms with Crippen molar-refractivity contribution in [1.82, 2.24) is 5.32 Å². The molecule has 0 bridgehead atoms. The van der Waals surface area contributed by atoms with Crippen LogP contribution < -0.4 is 10.1 Å². The molecule has 0 fully saturated rings. The number of phenols is 1. The zero-order valence-corrected chi connectivity index (χ0v) is 15.1. The van der Waals surface area contributed by atoms with Gasteiger partial charge in [-0.2, -0.15) is 5.26 Å². The Morgan fingerprint density at radius 3 is 2.92 bits per heavy atom. The molecule has 1 aliphatic carbocycles. The average molecular weight is 356 g/mol. The molecule has 0 aromatic heterocycles. The monoisotopic (exact) mass is 356 g/mol. The number of hydrogen-bond donors (Lipinski definition) is 2. The molecule has 1 heterocycles. The van der Waals surface area contributed by atoms with Crippen molar-refractivity contribution in [3.05, 3.63) is 45.6 Å². The number of rotatable bonds is 4. The Kier molecular flexibility index (Phi) is 5.05. The van der Waals surface area contributed by atoms with E-state index >= 15 is 0 Å². The summed E-state index contributed by atoms with van der Waals surface area (Å²) in [4.78, 5) is 12.6. The fraction of sp³-hybridized carbons (Fsp3) is 0.368. The average Bonchev–Trinajstić information content (AvgIpc) is 2.61. The summed E-state index contributed by atoms with van der Waals surface area (Å²) in [7, 11) is 1.48. The summed E-state index contributed by atoms with van der Waals surface area (Å²) in [6, 6.07) is 7.31. The normalized spacial score (nSPS) is 20.0. The van der Waals surface area contributed by atoms with Crippen molar-refractivity contribution in [2.75, 3.05) is 12.9 Å². The van der Waals surface area contributed by atoms with E-state index in [-0.39, 0.29) is 11.5 Å². The number of aromatic hydroxyl groups is 1. The first-order valence-electron chi connectivity index (χ1n) is 8.27. The van der Waals surface area contributed by atoms with Gasteiger partial charge in [-0.15, -0.1) is 11.8 Å². The van der Waals surface area contributed by atoms with Crippen LogP contribution in [0.2, 0.25) is 0 Å². The van der Waals surface area contributed by atoms with Gasteiger partial charge in [-0.25, -0.2) is 0 Å². The number of allylic oxidation sites excluding steroid dienone is 3. The summed E-state index contributed by atoms with van der Waals surface area (Å²) < 4.78 is 5.21. The van der Waals surface area contributed by atoms with Crippen molar-refractivity contribution in [2.24, 2.45) is 0 Å². The van der Waals surface area contributed by atoms with Gasteiger partial charge >= 0.3 is 0 Å². The second-order valence-electron chi connectivity index (χ2n) is 5.95. The van der Waals surface area contributed by atoms with Crippen LogP contribution in [-0.4, -0.2) is 23.8 Å². The second-order valence-corrected chi connectivity index (χ2v) is 7.22. The molecular weight excluding hydrogens is 336 g/mol. The third kappa shape index (κ3) is 3.12. The van der Waals surface area contributed by atoms with Gasteiger partial charge in [-0.3, -0.25) is 4.79 Å². The van der Waals surface area contributed by atoms with Gasteiger partial charge in [-0.05, 0) is 36.3 Å². The Labute approximate surface area is 151 Å². The Hall–Kier alpha value is -2.39. The number of ketones is 1. The van der Waals surface area contributed by atoms with Crippen LogP contribution in [0.25, 0.3) is 0 Å². The molecule has 1 unspecified atom stereocenters. The minimum absolute atomic E-state index is 0.0370. The third-order valence-corrected chi connectivity index (χ3v) is 5.39. The number of benzene rings is 1. The fourth-order valence-electron chi connectivity index (χ4n) is 3.39. The van der Waals surface area contributed by atoms with E-state index in [1.165, 1.54) is 7.11 Å². The third-order valence-electron chi connectivity index (χ3n) is 4.49. The molecule has 5 nitrogen and oxygen atoms in total. The Morgan fingerprint density at radius 1 is 1.44 bits per heavy atom. The molecule has 0 amide bonds. The fourth-order valence-corrected chi connectivity index (χ4v) is 4.19. The van der Waals surface area contributed by atoms with Crippen LogP contribution in [0.15, 0.2) is 40.1 Å². The maximum absolute atomic E-state index is 12.6. The number of phenolic OH excluding ortho intramolecular Hbond substituents is 1. The Morgan fingerprint density at radius 2 is 2.24 bits per heavy atom. The summed E-state index contributed by atoms with van der Waals surface area (Å²) in [6.45, 7) is 2.03. The maximum Gasteiger partial charge on any atom is 0.161 e. The summed E-state index contributed by atoms with van der Waals surface area (Å²) in [5.41, 5.74) is 2.93. The van der Waals surface area contributed by atoms with Gasteiger partial charge in [-0.1, -0.05) is 13.0 Å². The summed E-state index contributed by atoms with van der Waals surface area (Å²) >= 11 is 1.57. The van der Waals surface area contributed by atoms with Gasteiger partial charge in [0, 0.05) is 17.7 Å². The smallest absolute Gasteiger partial charge is 0.161 e. The highest BCUT2D eigenvalue weighted by molar-refractivity contribution is 8.03. The number of ether oxygens (including phenoxy) is 1. The molecule has 0 spiro atoms. The van der Waals surface area contributed by atoms with E-state index < -0.39 is 5.92 Å². The SMILES string of the molecule is CCSC1=C(C#N)C(c2ccc(O)c(OC)c2)C2=C(CCCC2=O)N1. The molecule has 25 heavy (non-hydrogen) atoms. The number of carbonyl (C=O) groups is 1. The predicted molar refractivity (Wildman–Crippen MR) is 97.2 cm³/mol. The van der Waals surface area contributed by atoms with E-state index in [1.807, 2.05) is 6.92 Å². The molecule has 2 aliphatic rings. The van der Waals surface area contributed by atoms with E-state index in [9.17, 15) is 15.2 Å². The van der Waals surface area contributed by atoms with Crippen molar-refractivity contribution in [3.8, 4) is 17.6 Å². The maximum atomic E-state index is 12.6. The van der Waals surface area contributed by atoms with Crippen molar-refractivity contribution < 1.29 is 14.6 Å². The highest BCUT2D eigenvalue weighted by Crippen LogP contribution is 2.45. The van der Waals surface area contributed by atoms with E-state index in [4.69, 9.17) is 4.74 Å². The number of hydrogen-bond acceptors (Lipinski definition) is 6. The number of dihydropyridines is 1. The molecule has 130 valence electrons. The topological polar surface area (TPSA) is 82.3 Å². The van der Waals surface area contributed by atoms with Crippen LogP contribution in [-0.2, 0) is 4.79 Å². The highest BCUT2D eigenvalue weighted by atomic mass is 32.2. The lowest BCUT2D eigenvalue weighted by Gasteiger charge is -2.33. The molecular formula is C19H20N2O3S. The lowest BCUT2D eigenvalue weighted by Crippen LogP contribution is -2.31. The Bertz CT molecular complexity index is 820. The molecule has 1 aromatic carbocycles. The molecule has 2 N–H and O–H groups in total. The van der Waals surface area contributed by atoms with Gasteiger partial charge in [0.2, 0.25) is 0 Å². The first-order valence-corrected chi connectivity index (χ1v) is 9.26. The standard InChI is InChI=1S/C19H20N2O3S/c1-3-25-19-12(10-20)17(11-7-8-14(22)16(9-11)24-2)18-13(21-19)5-4-6-15(18)23/h7-9,17,21-22H,3-6H2,1-2H3. The zero-order chi connectivity index (χ0) is 18.0. The van der Waals surface area contributed by atoms with Gasteiger partial charge < -0.3 is 15.2 Å². The molecule has 1 aliphatic heterocycles. The lowest BCUT2D eigenvalue weighted by atomic mass is 9.77. The van der Waals surface area contributed by atoms with Gasteiger partial charge in [0.05, 0.1) is 29.7 Å². The number of Topliss-reactive ketones (excluding diaryl/α,β-unsaturated/α-hetero) is 1. The largest absolute Gasteiger partial charge is 0.504 e. The minimum Gasteiger partial charge on any atom is -0.504 e. The van der Waals surface area contributed by atoms with Crippen LogP contribution >= 0.6 is 11.8 Å². The summed E-state index contributed by atoms with van der Waals surface area (Å²) in [5, 5.41) is 23.8. The van der Waals surface area contributed by atoms with E-state index in [0.717, 1.165) is 34.9 Å². The molecule has 1 aromatic rings. The Balaban J connectivity index is 2.19. The van der Waals surface area contributed by atoms with Gasteiger partial charge in [0.1, 0.15) is 0 Å². The van der Waals surface area contributed by atoms with Crippen LogP contribution in [0.3, 0.4) is 0 Å². The number of nitrogens with zero attached hydrogens (tertiary/aromatic N) is 1. The first-order chi connectivity index (χ1) is 12.1. The molecule has 1 atom stereocenters. The van der Waals surface area contributed by atoms with Crippen LogP contribution in [0, 0.1) is 11.3 Å². The van der Waals surface area contributed by atoms with Crippen molar-refractivity contribution in [3.63, 3.8) is 0 Å². The number of methoxy groups -OCH3 is 1. The second kappa shape index (κ2) is 7.24. The summed E-state index contributed by atoms with van der Waals surface area (Å²) in [6.07, 6.45) is 2.13. The van der Waals surface area contributed by atoms with Crippen molar-refractivity contribution in [2.45, 2.75) is 32.1 Å². The number of carbonyl (C=O) groups excluding carboxylic acids is 1. The molecule has 0 radical (unpaired) electrons. The molecule has 3 rings (SSSR count). The summed E-state index contributed by atoms with van der Waals surface area (Å²) in [5.74, 6) is 0.866. The van der Waals surface area contributed by atoms with E-state index in [2.05, 4.69) is 11.4 Å².